The first kappa shape index (κ1) is 10.8. The average molecular weight is 242 g/mol. The van der Waals surface area contributed by atoms with Gasteiger partial charge in [0.2, 0.25) is 0 Å². The molecule has 0 fully saturated rings. The van der Waals surface area contributed by atoms with Crippen molar-refractivity contribution in [1.29, 1.82) is 0 Å². The van der Waals surface area contributed by atoms with E-state index in [1.165, 1.54) is 0 Å². The molecule has 2 heterocycles. The van der Waals surface area contributed by atoms with Crippen LogP contribution < -0.4 is 16.6 Å². The molecule has 0 radical (unpaired) electrons. The number of rotatable bonds is 1. The van der Waals surface area contributed by atoms with E-state index < -0.39 is 0 Å². The van der Waals surface area contributed by atoms with Crippen molar-refractivity contribution < 1.29 is 0 Å². The first-order chi connectivity index (χ1) is 8.75. The highest BCUT2D eigenvalue weighted by molar-refractivity contribution is 5.77. The number of nitrogens with one attached hydrogen (secondary N) is 2. The monoisotopic (exact) mass is 242 g/mol. The molecule has 92 valence electrons. The number of H-pyrrole nitrogens is 1. The topological polar surface area (TPSA) is 83.8 Å². The zero-order valence-corrected chi connectivity index (χ0v) is 9.86. The van der Waals surface area contributed by atoms with Crippen LogP contribution in [0.1, 0.15) is 12.0 Å². The predicted molar refractivity (Wildman–Crippen MR) is 71.5 cm³/mol. The van der Waals surface area contributed by atoms with E-state index in [0.717, 1.165) is 41.9 Å². The Morgan fingerprint density at radius 3 is 2.78 bits per heavy atom. The highest BCUT2D eigenvalue weighted by Crippen LogP contribution is 2.29. The van der Waals surface area contributed by atoms with E-state index in [4.69, 9.17) is 5.73 Å². The highest BCUT2D eigenvalue weighted by atomic mass is 16.1. The van der Waals surface area contributed by atoms with Crippen LogP contribution in [-0.2, 0) is 6.42 Å². The number of aromatic nitrogens is 2. The molecule has 5 nitrogen and oxygen atoms in total. The Bertz CT molecular complexity index is 630. The molecule has 1 aromatic heterocycles. The van der Waals surface area contributed by atoms with Crippen LogP contribution in [0, 0.1) is 0 Å². The van der Waals surface area contributed by atoms with Gasteiger partial charge < -0.3 is 11.1 Å². The molecule has 0 saturated carbocycles. The molecule has 18 heavy (non-hydrogen) atoms. The normalized spacial score (nSPS) is 13.8. The SMILES string of the molecule is Nc1ccc(-c2n[nH]c(=O)c3c2NCCC3)cc1. The number of hydrogen-bond acceptors (Lipinski definition) is 4. The zero-order chi connectivity index (χ0) is 12.5. The third-order valence-corrected chi connectivity index (χ3v) is 3.17. The van der Waals surface area contributed by atoms with Crippen LogP contribution in [0.5, 0.6) is 0 Å². The molecule has 1 aliphatic heterocycles. The molecule has 0 bridgehead atoms. The summed E-state index contributed by atoms with van der Waals surface area (Å²) in [6.45, 7) is 0.875. The summed E-state index contributed by atoms with van der Waals surface area (Å²) in [6, 6.07) is 7.48. The van der Waals surface area contributed by atoms with E-state index in [2.05, 4.69) is 15.5 Å². The molecule has 0 spiro atoms. The number of nitrogens with two attached hydrogens (primary N) is 1. The van der Waals surface area contributed by atoms with E-state index >= 15 is 0 Å². The van der Waals surface area contributed by atoms with Crippen molar-refractivity contribution in [2.24, 2.45) is 0 Å². The van der Waals surface area contributed by atoms with Crippen LogP contribution in [0.4, 0.5) is 11.4 Å². The summed E-state index contributed by atoms with van der Waals surface area (Å²) < 4.78 is 0. The van der Waals surface area contributed by atoms with Gasteiger partial charge >= 0.3 is 0 Å². The fourth-order valence-electron chi connectivity index (χ4n) is 2.24. The van der Waals surface area contributed by atoms with E-state index in [1.807, 2.05) is 24.3 Å². The Morgan fingerprint density at radius 2 is 2.00 bits per heavy atom. The minimum absolute atomic E-state index is 0.101. The summed E-state index contributed by atoms with van der Waals surface area (Å²) >= 11 is 0. The molecule has 0 aliphatic carbocycles. The van der Waals surface area contributed by atoms with Gasteiger partial charge in [-0.2, -0.15) is 5.10 Å². The fraction of sp³-hybridized carbons (Fsp3) is 0.231. The first-order valence-corrected chi connectivity index (χ1v) is 5.97. The molecule has 4 N–H and O–H groups in total. The number of fused-ring (bicyclic) bond motifs is 1. The molecule has 5 heteroatoms. The number of anilines is 2. The molecular weight excluding hydrogens is 228 g/mol. The smallest absolute Gasteiger partial charge is 0.269 e. The van der Waals surface area contributed by atoms with Gasteiger partial charge in [-0.05, 0) is 25.0 Å². The van der Waals surface area contributed by atoms with Gasteiger partial charge in [-0.25, -0.2) is 5.10 Å². The van der Waals surface area contributed by atoms with Gasteiger partial charge in [-0.1, -0.05) is 12.1 Å². The molecular formula is C13H14N4O. The summed E-state index contributed by atoms with van der Waals surface area (Å²) in [5.74, 6) is 0. The van der Waals surface area contributed by atoms with Crippen LogP contribution in [0.2, 0.25) is 0 Å². The van der Waals surface area contributed by atoms with Crippen molar-refractivity contribution in [3.8, 4) is 11.3 Å². The quantitative estimate of drug-likeness (QED) is 0.659. The molecule has 2 aromatic rings. The van der Waals surface area contributed by atoms with Gasteiger partial charge in [-0.3, -0.25) is 4.79 Å². The second kappa shape index (κ2) is 4.18. The summed E-state index contributed by atoms with van der Waals surface area (Å²) in [6.07, 6.45) is 1.77. The zero-order valence-electron chi connectivity index (χ0n) is 9.86. The Hall–Kier alpha value is -2.30. The largest absolute Gasteiger partial charge is 0.399 e. The van der Waals surface area contributed by atoms with Gasteiger partial charge in [0, 0.05) is 23.4 Å². The molecule has 1 aromatic carbocycles. The molecule has 0 saturated heterocycles. The predicted octanol–water partition coefficient (Wildman–Crippen LogP) is 1.38. The maximum Gasteiger partial charge on any atom is 0.269 e. The van der Waals surface area contributed by atoms with E-state index in [1.54, 1.807) is 0 Å². The summed E-state index contributed by atoms with van der Waals surface area (Å²) in [5, 5.41) is 9.99. The fourth-order valence-corrected chi connectivity index (χ4v) is 2.24. The minimum atomic E-state index is -0.101. The Balaban J connectivity index is 2.18. The van der Waals surface area contributed by atoms with Crippen LogP contribution in [-0.4, -0.2) is 16.7 Å². The lowest BCUT2D eigenvalue weighted by Gasteiger charge is -2.19. The lowest BCUT2D eigenvalue weighted by Crippen LogP contribution is -2.24. The maximum atomic E-state index is 11.7. The summed E-state index contributed by atoms with van der Waals surface area (Å²) in [5.41, 5.74) is 9.67. The Labute approximate surface area is 104 Å². The van der Waals surface area contributed by atoms with E-state index in [9.17, 15) is 4.79 Å². The van der Waals surface area contributed by atoms with Crippen LogP contribution >= 0.6 is 0 Å². The number of nitrogen functional groups attached to an aromatic ring is 1. The Kier molecular flexibility index (Phi) is 2.51. The van der Waals surface area contributed by atoms with E-state index in [-0.39, 0.29) is 5.56 Å². The van der Waals surface area contributed by atoms with Crippen molar-refractivity contribution >= 4 is 11.4 Å². The van der Waals surface area contributed by atoms with Gasteiger partial charge in [0.25, 0.3) is 5.56 Å². The minimum Gasteiger partial charge on any atom is -0.399 e. The van der Waals surface area contributed by atoms with Crippen molar-refractivity contribution in [3.63, 3.8) is 0 Å². The summed E-state index contributed by atoms with van der Waals surface area (Å²) in [7, 11) is 0. The van der Waals surface area contributed by atoms with Gasteiger partial charge in [0.1, 0.15) is 5.69 Å². The van der Waals surface area contributed by atoms with Crippen LogP contribution in [0.15, 0.2) is 29.1 Å². The van der Waals surface area contributed by atoms with Gasteiger partial charge in [0.05, 0.1) is 5.69 Å². The molecule has 1 aliphatic rings. The molecule has 0 atom stereocenters. The average Bonchev–Trinajstić information content (AvgIpc) is 2.41. The van der Waals surface area contributed by atoms with Crippen molar-refractivity contribution in [2.75, 3.05) is 17.6 Å². The Morgan fingerprint density at radius 1 is 1.22 bits per heavy atom. The van der Waals surface area contributed by atoms with Crippen LogP contribution in [0.3, 0.4) is 0 Å². The molecule has 3 rings (SSSR count). The highest BCUT2D eigenvalue weighted by Gasteiger charge is 2.18. The number of nitrogens with zero attached hydrogens (tertiary/aromatic N) is 1. The van der Waals surface area contributed by atoms with Gasteiger partial charge in [0.15, 0.2) is 0 Å². The molecule has 0 amide bonds. The third kappa shape index (κ3) is 1.73. The first-order valence-electron chi connectivity index (χ1n) is 5.97. The number of aromatic amines is 1. The second-order valence-corrected chi connectivity index (χ2v) is 4.41. The van der Waals surface area contributed by atoms with E-state index in [0.29, 0.717) is 5.69 Å². The summed E-state index contributed by atoms with van der Waals surface area (Å²) in [4.78, 5) is 11.7. The third-order valence-electron chi connectivity index (χ3n) is 3.17. The van der Waals surface area contributed by atoms with Crippen molar-refractivity contribution in [2.45, 2.75) is 12.8 Å². The second-order valence-electron chi connectivity index (χ2n) is 4.41. The number of benzene rings is 1. The van der Waals surface area contributed by atoms with Crippen LogP contribution in [0.25, 0.3) is 11.3 Å². The van der Waals surface area contributed by atoms with Crippen molar-refractivity contribution in [1.82, 2.24) is 10.2 Å². The van der Waals surface area contributed by atoms with Gasteiger partial charge in [-0.15, -0.1) is 0 Å². The lowest BCUT2D eigenvalue weighted by molar-refractivity contribution is 0.799. The number of hydrogen-bond donors (Lipinski definition) is 3. The molecule has 0 unspecified atom stereocenters. The van der Waals surface area contributed by atoms with Crippen molar-refractivity contribution in [3.05, 3.63) is 40.2 Å². The lowest BCUT2D eigenvalue weighted by atomic mass is 10.0. The maximum absolute atomic E-state index is 11.7. The standard InChI is InChI=1S/C13H14N4O/c14-9-5-3-8(4-6-9)11-12-10(2-1-7-15-12)13(18)17-16-11/h3-6,15H,1-2,7,14H2,(H,17,18).